The van der Waals surface area contributed by atoms with E-state index in [2.05, 4.69) is 117 Å². The molecule has 67 heavy (non-hydrogen) atoms. The number of anilines is 4. The van der Waals surface area contributed by atoms with Crippen molar-refractivity contribution in [1.29, 1.82) is 0 Å². The molecule has 11 rings (SSSR count). The third-order valence-electron chi connectivity index (χ3n) is 12.0. The first-order valence-electron chi connectivity index (χ1n) is 25.9. The summed E-state index contributed by atoms with van der Waals surface area (Å²) in [6.45, 7) is 2.98. The third-order valence-corrected chi connectivity index (χ3v) is 13.0. The van der Waals surface area contributed by atoms with Gasteiger partial charge < -0.3 is 0 Å². The van der Waals surface area contributed by atoms with Crippen molar-refractivity contribution in [2.24, 2.45) is 0 Å². The average Bonchev–Trinajstić information content (AvgIpc) is 3.91. The molecule has 0 aliphatic carbocycles. The van der Waals surface area contributed by atoms with Gasteiger partial charge in [-0.15, -0.1) is 6.07 Å². The van der Waals surface area contributed by atoms with Crippen molar-refractivity contribution in [2.45, 2.75) is 33.0 Å². The monoisotopic (exact) mass is 1050 g/mol. The van der Waals surface area contributed by atoms with Crippen LogP contribution in [0, 0.1) is 22.8 Å². The zero-order chi connectivity index (χ0) is 52.5. The van der Waals surface area contributed by atoms with Crippen molar-refractivity contribution in [2.75, 3.05) is 9.62 Å². The first kappa shape index (κ1) is 33.9. The van der Waals surface area contributed by atoms with Gasteiger partial charge in [-0.3, -0.25) is 0 Å². The third kappa shape index (κ3) is 7.73. The van der Waals surface area contributed by atoms with Crippen LogP contribution in [-0.2, 0) is 24.8 Å². The van der Waals surface area contributed by atoms with Crippen LogP contribution in [-0.4, -0.2) is 21.1 Å². The number of aromatic nitrogens is 3. The van der Waals surface area contributed by atoms with Crippen LogP contribution in [0.3, 0.4) is 0 Å². The Morgan fingerprint density at radius 1 is 0.672 bits per heavy atom. The van der Waals surface area contributed by atoms with E-state index in [9.17, 15) is 2.74 Å². The number of hydrogen-bond donors (Lipinski definition) is 0. The SMILES string of the molecule is [2H]c1c([2H])c([2H])c(B2N(c3cccc(Oc4[c-]c(-n5[c](=[Pt])n(-c6c(-c7ccccc7)cccc6-c6cccc(C(C)(C)C)c6)c6ccccc65)ccc4C([2H])([2H])[2H])n3)c3[c-]cccc3N2c2ccccc2)c([2H])c1[2H]. The molecule has 0 radical (unpaired) electrons. The molecule has 0 bridgehead atoms. The van der Waals surface area contributed by atoms with Gasteiger partial charge in [0.15, 0.2) is 0 Å². The smallest absolute Gasteiger partial charge is 0.175 e. The van der Waals surface area contributed by atoms with Crippen LogP contribution in [0.4, 0.5) is 22.9 Å². The second kappa shape index (κ2) is 17.4. The first-order chi connectivity index (χ1) is 36.0. The number of hydrogen-bond acceptors (Lipinski definition) is 4. The molecule has 8 aromatic carbocycles. The van der Waals surface area contributed by atoms with Gasteiger partial charge in [-0.1, -0.05) is 48.4 Å². The van der Waals surface area contributed by atoms with Gasteiger partial charge in [0.2, 0.25) is 0 Å². The number of benzene rings is 8. The number of aryl methyl sites for hydroxylation is 1. The van der Waals surface area contributed by atoms with Crippen molar-refractivity contribution in [3.05, 3.63) is 233 Å². The zero-order valence-electron chi connectivity index (χ0n) is 44.8. The minimum Gasteiger partial charge on any atom is -0.175 e. The summed E-state index contributed by atoms with van der Waals surface area (Å²) in [7, 11) is 0. The van der Waals surface area contributed by atoms with Gasteiger partial charge in [0.1, 0.15) is 0 Å². The van der Waals surface area contributed by atoms with Crippen LogP contribution in [0.5, 0.6) is 11.6 Å². The van der Waals surface area contributed by atoms with Crippen LogP contribution in [0.15, 0.2) is 206 Å². The summed E-state index contributed by atoms with van der Waals surface area (Å²) in [5.74, 6) is 0.248. The maximum atomic E-state index is 9.18. The van der Waals surface area contributed by atoms with Crippen LogP contribution < -0.4 is 19.8 Å². The summed E-state index contributed by atoms with van der Waals surface area (Å²) in [5, 5.41) is 0. The number of rotatable bonds is 9. The van der Waals surface area contributed by atoms with Crippen LogP contribution in [0.2, 0.25) is 0 Å². The van der Waals surface area contributed by atoms with E-state index in [0.29, 0.717) is 22.7 Å². The zero-order valence-corrected chi connectivity index (χ0v) is 39.1. The maximum absolute atomic E-state index is 9.18. The Bertz CT molecular complexity index is 3890. The Kier molecular flexibility index (Phi) is 8.81. The van der Waals surface area contributed by atoms with E-state index < -0.39 is 32.0 Å². The quantitative estimate of drug-likeness (QED) is 0.107. The van der Waals surface area contributed by atoms with Crippen molar-refractivity contribution < 1.29 is 35.1 Å². The Labute approximate surface area is 414 Å². The van der Waals surface area contributed by atoms with E-state index in [1.165, 1.54) is 5.56 Å². The number of pyridine rings is 1. The van der Waals surface area contributed by atoms with Crippen molar-refractivity contribution >= 4 is 46.4 Å². The molecular weight excluding hydrogens is 1000 g/mol. The van der Waals surface area contributed by atoms with Crippen molar-refractivity contribution in [1.82, 2.24) is 14.1 Å². The summed E-state index contributed by atoms with van der Waals surface area (Å²) < 4.78 is 81.9. The van der Waals surface area contributed by atoms with E-state index in [0.717, 1.165) is 42.8 Å². The predicted octanol–water partition coefficient (Wildman–Crippen LogP) is 13.9. The standard InChI is InChI=1S/C59H46BN5O.Pt/c1-42-37-38-48(40-55(42)66-57-36-20-35-56(61-57)65-54-34-17-16-33-53(54)64(47-27-12-7-13-28-47)60(65)46-25-10-6-11-26-46)62-41-63(52-32-15-14-31-51(52)62)58-49(43-21-8-5-9-22-43)29-19-30-50(58)44-23-18-24-45(39-44)59(2,3)4;/h5-33,35-39H,1-4H3;/q-2;/i1D3,6D,10D,11D,25D,26D;. The molecule has 2 aromatic heterocycles. The second-order valence-corrected chi connectivity index (χ2v) is 18.2. The molecule has 10 aromatic rings. The molecule has 0 fully saturated rings. The fourth-order valence-corrected chi connectivity index (χ4v) is 9.96. The van der Waals surface area contributed by atoms with Gasteiger partial charge in [0.25, 0.3) is 0 Å². The molecule has 8 heteroatoms. The topological polar surface area (TPSA) is 38.5 Å². The van der Waals surface area contributed by atoms with Crippen LogP contribution in [0.25, 0.3) is 44.7 Å². The molecule has 0 saturated carbocycles. The fourth-order valence-electron chi connectivity index (χ4n) is 8.88. The molecule has 0 spiro atoms. The summed E-state index contributed by atoms with van der Waals surface area (Å²) in [6.07, 6.45) is 0. The summed E-state index contributed by atoms with van der Waals surface area (Å²) in [5.41, 5.74) is 10.4. The molecule has 328 valence electrons. The Hall–Kier alpha value is -7.47. The second-order valence-electron chi connectivity index (χ2n) is 17.2. The van der Waals surface area contributed by atoms with Crippen molar-refractivity contribution in [3.63, 3.8) is 0 Å². The minimum atomic E-state index is -2.62. The fraction of sp³-hybridized carbons (Fsp3) is 0.0847. The Morgan fingerprint density at radius 3 is 2.12 bits per heavy atom. The molecular formula is C59H46BN5OPt-2. The minimum absolute atomic E-state index is 0.0242. The average molecular weight is 1050 g/mol. The number of ether oxygens (including phenoxy) is 1. The van der Waals surface area contributed by atoms with E-state index in [1.54, 1.807) is 41.2 Å². The Morgan fingerprint density at radius 2 is 1.36 bits per heavy atom. The van der Waals surface area contributed by atoms with Crippen molar-refractivity contribution in [3.8, 4) is 45.3 Å². The number of nitrogens with zero attached hydrogens (tertiary/aromatic N) is 5. The number of imidazole rings is 1. The molecule has 0 amide bonds. The molecule has 0 atom stereocenters. The van der Waals surface area contributed by atoms with E-state index in [-0.39, 0.29) is 46.0 Å². The van der Waals surface area contributed by atoms with Gasteiger partial charge >= 0.3 is 325 Å². The molecule has 0 unspecified atom stereocenters. The molecule has 6 nitrogen and oxygen atoms in total. The summed E-state index contributed by atoms with van der Waals surface area (Å²) in [4.78, 5) is 8.66. The number of para-hydroxylation sites is 5. The Balaban J connectivity index is 1.07. The van der Waals surface area contributed by atoms with Gasteiger partial charge in [0, 0.05) is 5.69 Å². The molecule has 1 aliphatic heterocycles. The number of fused-ring (bicyclic) bond motifs is 2. The van der Waals surface area contributed by atoms with Gasteiger partial charge in [-0.2, -0.15) is 12.1 Å². The summed E-state index contributed by atoms with van der Waals surface area (Å²) >= 11 is 2.35. The predicted molar refractivity (Wildman–Crippen MR) is 271 cm³/mol. The normalized spacial score (nSPS) is 14.4. The molecule has 1 aliphatic rings. The van der Waals surface area contributed by atoms with Crippen LogP contribution in [0.1, 0.15) is 42.9 Å². The van der Waals surface area contributed by atoms with E-state index in [4.69, 9.17) is 17.9 Å². The van der Waals surface area contributed by atoms with Gasteiger partial charge in [-0.05, 0) is 12.1 Å². The van der Waals surface area contributed by atoms with Crippen LogP contribution >= 0.6 is 0 Å². The van der Waals surface area contributed by atoms with E-state index >= 15 is 0 Å². The summed E-state index contributed by atoms with van der Waals surface area (Å²) in [6, 6.07) is 61.3. The van der Waals surface area contributed by atoms with Gasteiger partial charge in [0.05, 0.1) is 6.85 Å². The molecule has 3 heterocycles. The molecule has 0 N–H and O–H groups in total. The molecule has 0 saturated heterocycles. The first-order valence-corrected chi connectivity index (χ1v) is 23.1. The van der Waals surface area contributed by atoms with E-state index in [1.807, 2.05) is 88.2 Å². The van der Waals surface area contributed by atoms with Gasteiger partial charge in [-0.25, -0.2) is 0 Å².